The number of guanidine groups is 1. The Labute approximate surface area is 168 Å². The lowest BCUT2D eigenvalue weighted by molar-refractivity contribution is 0.0529. The van der Waals surface area contributed by atoms with E-state index in [1.807, 2.05) is 6.20 Å². The Morgan fingerprint density at radius 3 is 2.71 bits per heavy atom. The first-order chi connectivity index (χ1) is 13.5. The van der Waals surface area contributed by atoms with Crippen LogP contribution in [0.1, 0.15) is 29.2 Å². The fraction of sp³-hybridized carbons (Fsp3) is 0.455. The molecule has 1 aliphatic heterocycles. The maximum absolute atomic E-state index is 5.60. The zero-order valence-electron chi connectivity index (χ0n) is 17.3. The quantitative estimate of drug-likeness (QED) is 0.616. The van der Waals surface area contributed by atoms with Crippen LogP contribution in [-0.2, 0) is 17.8 Å². The molecule has 2 N–H and O–H groups in total. The number of pyridine rings is 1. The number of aromatic nitrogens is 1. The molecule has 1 aromatic carbocycles. The van der Waals surface area contributed by atoms with Crippen molar-refractivity contribution in [1.29, 1.82) is 0 Å². The zero-order chi connectivity index (χ0) is 19.9. The molecule has 28 heavy (non-hydrogen) atoms. The topological polar surface area (TPSA) is 61.8 Å². The lowest BCUT2D eigenvalue weighted by Crippen LogP contribution is -2.41. The van der Waals surface area contributed by atoms with Crippen molar-refractivity contribution in [2.75, 3.05) is 31.6 Å². The van der Waals surface area contributed by atoms with Crippen LogP contribution in [0.2, 0.25) is 0 Å². The summed E-state index contributed by atoms with van der Waals surface area (Å²) in [5, 5.41) is 6.74. The van der Waals surface area contributed by atoms with Crippen molar-refractivity contribution in [3.05, 3.63) is 58.8 Å². The SMILES string of the molecule is CN=C(NCc1ccc(N2CCOC(C)C2)nc1)NCc1ccc(C)cc1C. The molecular weight excluding hydrogens is 350 g/mol. The van der Waals surface area contributed by atoms with Crippen LogP contribution in [0.3, 0.4) is 0 Å². The summed E-state index contributed by atoms with van der Waals surface area (Å²) in [6, 6.07) is 10.7. The molecule has 3 rings (SSSR count). The van der Waals surface area contributed by atoms with Gasteiger partial charge in [0.1, 0.15) is 5.82 Å². The van der Waals surface area contributed by atoms with Gasteiger partial charge in [0.2, 0.25) is 0 Å². The number of aliphatic imine (C=N–C) groups is 1. The van der Waals surface area contributed by atoms with Crippen LogP contribution in [0.15, 0.2) is 41.5 Å². The van der Waals surface area contributed by atoms with Crippen LogP contribution in [0.4, 0.5) is 5.82 Å². The van der Waals surface area contributed by atoms with Gasteiger partial charge in [-0.2, -0.15) is 0 Å². The molecule has 0 saturated carbocycles. The lowest BCUT2D eigenvalue weighted by atomic mass is 10.1. The molecule has 0 amide bonds. The minimum atomic E-state index is 0.253. The summed E-state index contributed by atoms with van der Waals surface area (Å²) < 4.78 is 5.60. The van der Waals surface area contributed by atoms with Crippen LogP contribution in [0.25, 0.3) is 0 Å². The summed E-state index contributed by atoms with van der Waals surface area (Å²) in [6.45, 7) is 10.3. The molecule has 2 aromatic rings. The summed E-state index contributed by atoms with van der Waals surface area (Å²) in [6.07, 6.45) is 2.18. The van der Waals surface area contributed by atoms with Crippen molar-refractivity contribution in [2.24, 2.45) is 4.99 Å². The summed E-state index contributed by atoms with van der Waals surface area (Å²) in [5.74, 6) is 1.79. The van der Waals surface area contributed by atoms with Gasteiger partial charge in [0, 0.05) is 39.4 Å². The van der Waals surface area contributed by atoms with Gasteiger partial charge in [-0.3, -0.25) is 4.99 Å². The molecule has 0 aliphatic carbocycles. The third kappa shape index (κ3) is 5.45. The maximum Gasteiger partial charge on any atom is 0.191 e. The monoisotopic (exact) mass is 381 g/mol. The van der Waals surface area contributed by atoms with E-state index in [2.05, 4.69) is 76.6 Å². The summed E-state index contributed by atoms with van der Waals surface area (Å²) in [7, 11) is 1.79. The molecule has 6 nitrogen and oxygen atoms in total. The molecule has 1 fully saturated rings. The molecule has 0 bridgehead atoms. The number of aryl methyl sites for hydroxylation is 2. The Morgan fingerprint density at radius 2 is 2.04 bits per heavy atom. The average molecular weight is 382 g/mol. The Bertz CT molecular complexity index is 803. The maximum atomic E-state index is 5.60. The van der Waals surface area contributed by atoms with E-state index < -0.39 is 0 Å². The molecular formula is C22H31N5O. The fourth-order valence-electron chi connectivity index (χ4n) is 3.36. The first-order valence-electron chi connectivity index (χ1n) is 9.87. The zero-order valence-corrected chi connectivity index (χ0v) is 17.3. The van der Waals surface area contributed by atoms with Crippen molar-refractivity contribution in [1.82, 2.24) is 15.6 Å². The first kappa shape index (κ1) is 20.1. The second-order valence-electron chi connectivity index (χ2n) is 7.36. The molecule has 1 aliphatic rings. The smallest absolute Gasteiger partial charge is 0.191 e. The first-order valence-corrected chi connectivity index (χ1v) is 9.87. The highest BCUT2D eigenvalue weighted by atomic mass is 16.5. The van der Waals surface area contributed by atoms with E-state index in [1.54, 1.807) is 7.05 Å². The van der Waals surface area contributed by atoms with Gasteiger partial charge in [-0.1, -0.05) is 29.8 Å². The predicted molar refractivity (Wildman–Crippen MR) is 115 cm³/mol. The number of hydrogen-bond donors (Lipinski definition) is 2. The van der Waals surface area contributed by atoms with Crippen molar-refractivity contribution in [3.8, 4) is 0 Å². The highest BCUT2D eigenvalue weighted by Gasteiger charge is 2.17. The van der Waals surface area contributed by atoms with Gasteiger partial charge in [0.15, 0.2) is 5.96 Å². The standard InChI is InChI=1S/C22H31N5O/c1-16-5-7-20(17(2)11-16)14-26-22(23-4)25-13-19-6-8-21(24-12-19)27-9-10-28-18(3)15-27/h5-8,11-12,18H,9-10,13-15H2,1-4H3,(H2,23,25,26). The van der Waals surface area contributed by atoms with E-state index in [0.717, 1.165) is 43.6 Å². The number of anilines is 1. The highest BCUT2D eigenvalue weighted by molar-refractivity contribution is 5.79. The van der Waals surface area contributed by atoms with Gasteiger partial charge < -0.3 is 20.3 Å². The molecule has 1 saturated heterocycles. The second kappa shape index (κ2) is 9.55. The van der Waals surface area contributed by atoms with Crippen molar-refractivity contribution in [2.45, 2.75) is 40.0 Å². The van der Waals surface area contributed by atoms with Crippen LogP contribution in [-0.4, -0.2) is 43.8 Å². The van der Waals surface area contributed by atoms with E-state index >= 15 is 0 Å². The second-order valence-corrected chi connectivity index (χ2v) is 7.36. The Balaban J connectivity index is 1.50. The van der Waals surface area contributed by atoms with Gasteiger partial charge in [0.05, 0.1) is 12.7 Å². The highest BCUT2D eigenvalue weighted by Crippen LogP contribution is 2.15. The molecule has 0 spiro atoms. The molecule has 6 heteroatoms. The Kier molecular flexibility index (Phi) is 6.87. The van der Waals surface area contributed by atoms with E-state index in [-0.39, 0.29) is 6.10 Å². The van der Waals surface area contributed by atoms with Gasteiger partial charge in [-0.15, -0.1) is 0 Å². The van der Waals surface area contributed by atoms with E-state index in [4.69, 9.17) is 4.74 Å². The predicted octanol–water partition coefficient (Wildman–Crippen LogP) is 2.79. The van der Waals surface area contributed by atoms with Crippen LogP contribution in [0.5, 0.6) is 0 Å². The number of hydrogen-bond acceptors (Lipinski definition) is 4. The normalized spacial score (nSPS) is 17.5. The van der Waals surface area contributed by atoms with E-state index in [9.17, 15) is 0 Å². The number of benzene rings is 1. The largest absolute Gasteiger partial charge is 0.375 e. The average Bonchev–Trinajstić information content (AvgIpc) is 2.70. The molecule has 2 heterocycles. The molecule has 1 atom stereocenters. The number of morpholine rings is 1. The lowest BCUT2D eigenvalue weighted by Gasteiger charge is -2.32. The number of nitrogens with one attached hydrogen (secondary N) is 2. The minimum absolute atomic E-state index is 0.253. The van der Waals surface area contributed by atoms with Crippen LogP contribution < -0.4 is 15.5 Å². The summed E-state index contributed by atoms with van der Waals surface area (Å²) >= 11 is 0. The van der Waals surface area contributed by atoms with Crippen LogP contribution in [0, 0.1) is 13.8 Å². The third-order valence-corrected chi connectivity index (χ3v) is 5.00. The molecule has 1 aromatic heterocycles. The van der Waals surface area contributed by atoms with Crippen LogP contribution >= 0.6 is 0 Å². The van der Waals surface area contributed by atoms with Crippen molar-refractivity contribution in [3.63, 3.8) is 0 Å². The van der Waals surface area contributed by atoms with Gasteiger partial charge in [0.25, 0.3) is 0 Å². The molecule has 1 unspecified atom stereocenters. The van der Waals surface area contributed by atoms with E-state index in [0.29, 0.717) is 6.54 Å². The van der Waals surface area contributed by atoms with Gasteiger partial charge in [-0.25, -0.2) is 4.98 Å². The number of rotatable bonds is 5. The minimum Gasteiger partial charge on any atom is -0.375 e. The molecule has 0 radical (unpaired) electrons. The number of ether oxygens (including phenoxy) is 1. The van der Waals surface area contributed by atoms with Gasteiger partial charge >= 0.3 is 0 Å². The Morgan fingerprint density at radius 1 is 1.21 bits per heavy atom. The fourth-order valence-corrected chi connectivity index (χ4v) is 3.36. The number of nitrogens with zero attached hydrogens (tertiary/aromatic N) is 3. The summed E-state index contributed by atoms with van der Waals surface area (Å²) in [4.78, 5) is 11.2. The Hall–Kier alpha value is -2.60. The van der Waals surface area contributed by atoms with E-state index in [1.165, 1.54) is 16.7 Å². The third-order valence-electron chi connectivity index (χ3n) is 5.00. The van der Waals surface area contributed by atoms with Crippen molar-refractivity contribution < 1.29 is 4.74 Å². The van der Waals surface area contributed by atoms with Gasteiger partial charge in [-0.05, 0) is 43.5 Å². The van der Waals surface area contributed by atoms with Crippen molar-refractivity contribution >= 4 is 11.8 Å². The molecule has 150 valence electrons. The summed E-state index contributed by atoms with van der Waals surface area (Å²) in [5.41, 5.74) is 4.98.